The highest BCUT2D eigenvalue weighted by Crippen LogP contribution is 2.39. The summed E-state index contributed by atoms with van der Waals surface area (Å²) in [4.78, 5) is 16.1. The highest BCUT2D eigenvalue weighted by molar-refractivity contribution is 5.90. The Morgan fingerprint density at radius 1 is 1.53 bits per heavy atom. The van der Waals surface area contributed by atoms with Crippen molar-refractivity contribution in [1.29, 1.82) is 0 Å². The molecule has 2 aliphatic carbocycles. The van der Waals surface area contributed by atoms with Crippen LogP contribution in [0.1, 0.15) is 61.4 Å². The number of nitrogens with one attached hydrogen (secondary N) is 2. The van der Waals surface area contributed by atoms with Crippen molar-refractivity contribution in [3.63, 3.8) is 0 Å². The number of nitrogens with zero attached hydrogens (tertiary/aromatic N) is 2. The Hall–Kier alpha value is -1.39. The van der Waals surface area contributed by atoms with Gasteiger partial charge in [0.1, 0.15) is 5.82 Å². The molecule has 1 amide bonds. The Morgan fingerprint density at radius 3 is 2.88 bits per heavy atom. The van der Waals surface area contributed by atoms with Gasteiger partial charge in [0.25, 0.3) is 5.91 Å². The van der Waals surface area contributed by atoms with Crippen molar-refractivity contribution in [1.82, 2.24) is 20.5 Å². The first-order chi connectivity index (χ1) is 8.16. The standard InChI is InChI=1S/C12H18N4O/c1-12(5-2-6-12)7-13-11(17)10-14-9(15-16-10)8-3-4-8/h8H,2-7H2,1H3,(H,13,17)(H,14,15,16). The first-order valence-corrected chi connectivity index (χ1v) is 6.37. The summed E-state index contributed by atoms with van der Waals surface area (Å²) in [6, 6.07) is 0. The second-order valence-corrected chi connectivity index (χ2v) is 5.67. The Morgan fingerprint density at radius 2 is 2.29 bits per heavy atom. The number of hydrogen-bond acceptors (Lipinski definition) is 3. The van der Waals surface area contributed by atoms with Gasteiger partial charge in [-0.05, 0) is 31.1 Å². The molecule has 0 spiro atoms. The first kappa shape index (κ1) is 10.7. The van der Waals surface area contributed by atoms with E-state index in [0.717, 1.165) is 25.2 Å². The minimum Gasteiger partial charge on any atom is -0.349 e. The third kappa shape index (κ3) is 2.18. The van der Waals surface area contributed by atoms with Crippen molar-refractivity contribution in [3.8, 4) is 0 Å². The van der Waals surface area contributed by atoms with Gasteiger partial charge < -0.3 is 5.32 Å². The Labute approximate surface area is 100 Å². The maximum Gasteiger partial charge on any atom is 0.290 e. The molecule has 1 aromatic rings. The molecule has 2 saturated carbocycles. The number of carbonyl (C=O) groups excluding carboxylic acids is 1. The largest absolute Gasteiger partial charge is 0.349 e. The first-order valence-electron chi connectivity index (χ1n) is 6.37. The Kier molecular flexibility index (Phi) is 2.42. The van der Waals surface area contributed by atoms with E-state index in [0.29, 0.717) is 11.3 Å². The number of aromatic amines is 1. The molecular formula is C12H18N4O. The quantitative estimate of drug-likeness (QED) is 0.831. The smallest absolute Gasteiger partial charge is 0.290 e. The summed E-state index contributed by atoms with van der Waals surface area (Å²) in [7, 11) is 0. The molecule has 3 rings (SSSR count). The summed E-state index contributed by atoms with van der Waals surface area (Å²) in [6.45, 7) is 2.95. The molecule has 17 heavy (non-hydrogen) atoms. The lowest BCUT2D eigenvalue weighted by molar-refractivity contribution is 0.0881. The highest BCUT2D eigenvalue weighted by Gasteiger charge is 2.33. The molecule has 1 aromatic heterocycles. The zero-order valence-corrected chi connectivity index (χ0v) is 10.1. The van der Waals surface area contributed by atoms with Gasteiger partial charge in [0, 0.05) is 12.5 Å². The monoisotopic (exact) mass is 234 g/mol. The molecule has 2 N–H and O–H groups in total. The number of rotatable bonds is 4. The zero-order chi connectivity index (χ0) is 11.9. The van der Waals surface area contributed by atoms with Crippen LogP contribution in [0.25, 0.3) is 0 Å². The molecule has 0 aliphatic heterocycles. The zero-order valence-electron chi connectivity index (χ0n) is 10.1. The summed E-state index contributed by atoms with van der Waals surface area (Å²) < 4.78 is 0. The van der Waals surface area contributed by atoms with Crippen LogP contribution in [0.3, 0.4) is 0 Å². The summed E-state index contributed by atoms with van der Waals surface area (Å²) in [5.41, 5.74) is 0.297. The van der Waals surface area contributed by atoms with E-state index in [-0.39, 0.29) is 11.7 Å². The summed E-state index contributed by atoms with van der Waals surface area (Å²) in [5.74, 6) is 1.51. The maximum absolute atomic E-state index is 11.8. The molecule has 92 valence electrons. The molecule has 5 nitrogen and oxygen atoms in total. The van der Waals surface area contributed by atoms with E-state index in [2.05, 4.69) is 27.4 Å². The average Bonchev–Trinajstić information content (AvgIpc) is 3.02. The molecule has 0 atom stereocenters. The van der Waals surface area contributed by atoms with Gasteiger partial charge in [-0.15, -0.1) is 5.10 Å². The van der Waals surface area contributed by atoms with E-state index in [4.69, 9.17) is 0 Å². The van der Waals surface area contributed by atoms with E-state index in [1.54, 1.807) is 0 Å². The number of amides is 1. The van der Waals surface area contributed by atoms with Gasteiger partial charge in [0.2, 0.25) is 5.82 Å². The summed E-state index contributed by atoms with van der Waals surface area (Å²) in [5, 5.41) is 9.76. The van der Waals surface area contributed by atoms with Crippen LogP contribution in [0, 0.1) is 5.41 Å². The fourth-order valence-electron chi connectivity index (χ4n) is 2.25. The van der Waals surface area contributed by atoms with E-state index < -0.39 is 0 Å². The van der Waals surface area contributed by atoms with Crippen LogP contribution in [0.5, 0.6) is 0 Å². The Bertz CT molecular complexity index is 431. The van der Waals surface area contributed by atoms with Crippen LogP contribution in [-0.4, -0.2) is 27.6 Å². The van der Waals surface area contributed by atoms with Gasteiger partial charge in [-0.2, -0.15) is 0 Å². The number of carbonyl (C=O) groups is 1. The lowest BCUT2D eigenvalue weighted by Crippen LogP contribution is -2.40. The molecule has 2 aliphatic rings. The summed E-state index contributed by atoms with van der Waals surface area (Å²) in [6.07, 6.45) is 6.00. The predicted molar refractivity (Wildman–Crippen MR) is 62.6 cm³/mol. The van der Waals surface area contributed by atoms with Gasteiger partial charge in [0.05, 0.1) is 0 Å². The van der Waals surface area contributed by atoms with Crippen LogP contribution in [0.4, 0.5) is 0 Å². The predicted octanol–water partition coefficient (Wildman–Crippen LogP) is 1.60. The molecule has 5 heteroatoms. The van der Waals surface area contributed by atoms with Crippen molar-refractivity contribution < 1.29 is 4.79 Å². The van der Waals surface area contributed by atoms with E-state index >= 15 is 0 Å². The normalized spacial score (nSPS) is 21.9. The fraction of sp³-hybridized carbons (Fsp3) is 0.750. The second-order valence-electron chi connectivity index (χ2n) is 5.67. The van der Waals surface area contributed by atoms with Crippen molar-refractivity contribution in [2.75, 3.05) is 6.54 Å². The van der Waals surface area contributed by atoms with E-state index in [1.165, 1.54) is 19.3 Å². The highest BCUT2D eigenvalue weighted by atomic mass is 16.2. The number of hydrogen-bond donors (Lipinski definition) is 2. The van der Waals surface area contributed by atoms with Gasteiger partial charge in [-0.25, -0.2) is 4.98 Å². The minimum atomic E-state index is -0.152. The Balaban J connectivity index is 1.57. The van der Waals surface area contributed by atoms with Crippen molar-refractivity contribution >= 4 is 5.91 Å². The van der Waals surface area contributed by atoms with Gasteiger partial charge in [0.15, 0.2) is 0 Å². The minimum absolute atomic E-state index is 0.152. The van der Waals surface area contributed by atoms with Gasteiger partial charge in [-0.3, -0.25) is 9.89 Å². The molecule has 2 fully saturated rings. The van der Waals surface area contributed by atoms with Crippen LogP contribution in [0.15, 0.2) is 0 Å². The molecule has 0 saturated heterocycles. The molecular weight excluding hydrogens is 216 g/mol. The van der Waals surface area contributed by atoms with Crippen LogP contribution < -0.4 is 5.32 Å². The lowest BCUT2D eigenvalue weighted by atomic mass is 9.70. The molecule has 0 bridgehead atoms. The molecule has 0 aromatic carbocycles. The van der Waals surface area contributed by atoms with E-state index in [9.17, 15) is 4.79 Å². The molecule has 0 unspecified atom stereocenters. The SMILES string of the molecule is CC1(CNC(=O)c2n[nH]c(C3CC3)n2)CCC1. The average molecular weight is 234 g/mol. The van der Waals surface area contributed by atoms with E-state index in [1.807, 2.05) is 0 Å². The fourth-order valence-corrected chi connectivity index (χ4v) is 2.25. The van der Waals surface area contributed by atoms with Crippen molar-refractivity contribution in [3.05, 3.63) is 11.6 Å². The lowest BCUT2D eigenvalue weighted by Gasteiger charge is -2.38. The van der Waals surface area contributed by atoms with Crippen LogP contribution >= 0.6 is 0 Å². The van der Waals surface area contributed by atoms with Gasteiger partial charge >= 0.3 is 0 Å². The van der Waals surface area contributed by atoms with Crippen LogP contribution in [-0.2, 0) is 0 Å². The molecule has 0 radical (unpaired) electrons. The van der Waals surface area contributed by atoms with Crippen molar-refractivity contribution in [2.24, 2.45) is 5.41 Å². The molecule has 1 heterocycles. The maximum atomic E-state index is 11.8. The second kappa shape index (κ2) is 3.82. The third-order valence-corrected chi connectivity index (χ3v) is 3.91. The topological polar surface area (TPSA) is 70.7 Å². The van der Waals surface area contributed by atoms with Crippen molar-refractivity contribution in [2.45, 2.75) is 44.9 Å². The third-order valence-electron chi connectivity index (χ3n) is 3.91. The van der Waals surface area contributed by atoms with Gasteiger partial charge in [-0.1, -0.05) is 13.3 Å². The summed E-state index contributed by atoms with van der Waals surface area (Å²) >= 11 is 0. The number of H-pyrrole nitrogens is 1. The van der Waals surface area contributed by atoms with Crippen LogP contribution in [0.2, 0.25) is 0 Å². The number of aromatic nitrogens is 3.